The van der Waals surface area contributed by atoms with Gasteiger partial charge in [0.25, 0.3) is 0 Å². The Bertz CT molecular complexity index is 354. The Morgan fingerprint density at radius 2 is 2.15 bits per heavy atom. The zero-order valence-corrected chi connectivity index (χ0v) is 10.2. The zero-order valence-electron chi connectivity index (χ0n) is 6.28. The lowest BCUT2D eigenvalue weighted by molar-refractivity contribution is 0.101. The Hall–Kier alpha value is 0.0700. The summed E-state index contributed by atoms with van der Waals surface area (Å²) in [7, 11) is 0. The van der Waals surface area contributed by atoms with Gasteiger partial charge >= 0.3 is 0 Å². The van der Waals surface area contributed by atoms with Crippen LogP contribution in [0.1, 0.15) is 10.4 Å². The van der Waals surface area contributed by atoms with Crippen molar-refractivity contribution in [2.75, 3.05) is 5.33 Å². The van der Waals surface area contributed by atoms with Gasteiger partial charge in [-0.05, 0) is 28.1 Å². The van der Waals surface area contributed by atoms with Gasteiger partial charge in [0, 0.05) is 4.47 Å². The molecule has 0 fully saturated rings. The number of alkyl halides is 1. The summed E-state index contributed by atoms with van der Waals surface area (Å²) in [6.45, 7) is 0. The molecule has 5 heteroatoms. The number of Topliss-reactive ketones (excluding diaryl/α,β-unsaturated/α-hetero) is 1. The van der Waals surface area contributed by atoms with Crippen LogP contribution in [0.3, 0.4) is 0 Å². The SMILES string of the molecule is O=C(CBr)c1c(F)ccc(Cl)c1Br. The lowest BCUT2D eigenvalue weighted by Gasteiger charge is -2.04. The molecule has 1 rings (SSSR count). The molecule has 1 nitrogen and oxygen atoms in total. The minimum Gasteiger partial charge on any atom is -0.293 e. The molecule has 0 bridgehead atoms. The van der Waals surface area contributed by atoms with Crippen LogP contribution in [0.5, 0.6) is 0 Å². The van der Waals surface area contributed by atoms with Crippen molar-refractivity contribution in [1.82, 2.24) is 0 Å². The second-order valence-electron chi connectivity index (χ2n) is 2.27. The fraction of sp³-hybridized carbons (Fsp3) is 0.125. The average molecular weight is 330 g/mol. The van der Waals surface area contributed by atoms with Gasteiger partial charge in [-0.3, -0.25) is 4.79 Å². The number of benzene rings is 1. The molecule has 0 spiro atoms. The number of hydrogen-bond donors (Lipinski definition) is 0. The number of carbonyl (C=O) groups is 1. The lowest BCUT2D eigenvalue weighted by atomic mass is 10.1. The fourth-order valence-electron chi connectivity index (χ4n) is 0.849. The number of halogens is 4. The third-order valence-electron chi connectivity index (χ3n) is 1.44. The van der Waals surface area contributed by atoms with Gasteiger partial charge in [-0.2, -0.15) is 0 Å². The first-order valence-electron chi connectivity index (χ1n) is 3.30. The molecular weight excluding hydrogens is 326 g/mol. The van der Waals surface area contributed by atoms with Crippen molar-refractivity contribution in [3.8, 4) is 0 Å². The highest BCUT2D eigenvalue weighted by Gasteiger charge is 2.16. The predicted octanol–water partition coefficient (Wildman–Crippen LogP) is 3.82. The van der Waals surface area contributed by atoms with E-state index in [0.717, 1.165) is 0 Å². The minimum atomic E-state index is -0.569. The van der Waals surface area contributed by atoms with Crippen molar-refractivity contribution in [2.45, 2.75) is 0 Å². The van der Waals surface area contributed by atoms with Gasteiger partial charge in [0.2, 0.25) is 0 Å². The van der Waals surface area contributed by atoms with Crippen molar-refractivity contribution in [3.63, 3.8) is 0 Å². The highest BCUT2D eigenvalue weighted by Crippen LogP contribution is 2.28. The van der Waals surface area contributed by atoms with Crippen LogP contribution in [0.2, 0.25) is 5.02 Å². The molecule has 0 aliphatic rings. The first-order valence-corrected chi connectivity index (χ1v) is 5.60. The first-order chi connectivity index (χ1) is 6.07. The predicted molar refractivity (Wildman–Crippen MR) is 57.2 cm³/mol. The summed E-state index contributed by atoms with van der Waals surface area (Å²) in [5.41, 5.74) is -0.00984. The van der Waals surface area contributed by atoms with Crippen molar-refractivity contribution in [1.29, 1.82) is 0 Å². The molecule has 13 heavy (non-hydrogen) atoms. The lowest BCUT2D eigenvalue weighted by Crippen LogP contribution is -2.04. The van der Waals surface area contributed by atoms with Gasteiger partial charge < -0.3 is 0 Å². The van der Waals surface area contributed by atoms with E-state index in [2.05, 4.69) is 31.9 Å². The molecule has 0 N–H and O–H groups in total. The van der Waals surface area contributed by atoms with E-state index in [1.807, 2.05) is 0 Å². The number of rotatable bonds is 2. The highest BCUT2D eigenvalue weighted by molar-refractivity contribution is 9.10. The van der Waals surface area contributed by atoms with Crippen LogP contribution in [0, 0.1) is 5.82 Å². The smallest absolute Gasteiger partial charge is 0.177 e. The monoisotopic (exact) mass is 328 g/mol. The third-order valence-corrected chi connectivity index (χ3v) is 3.32. The van der Waals surface area contributed by atoms with Crippen molar-refractivity contribution in [3.05, 3.63) is 33.0 Å². The number of hydrogen-bond acceptors (Lipinski definition) is 1. The summed E-state index contributed by atoms with van der Waals surface area (Å²) in [6.07, 6.45) is 0. The summed E-state index contributed by atoms with van der Waals surface area (Å²) < 4.78 is 13.4. The van der Waals surface area contributed by atoms with E-state index in [1.165, 1.54) is 12.1 Å². The minimum absolute atomic E-state index is 0.00984. The maximum atomic E-state index is 13.1. The Kier molecular flexibility index (Phi) is 3.88. The van der Waals surface area contributed by atoms with Crippen molar-refractivity contribution < 1.29 is 9.18 Å². The van der Waals surface area contributed by atoms with E-state index < -0.39 is 5.82 Å². The molecule has 1 aromatic carbocycles. The topological polar surface area (TPSA) is 17.1 Å². The second kappa shape index (κ2) is 4.53. The largest absolute Gasteiger partial charge is 0.293 e. The molecule has 0 unspecified atom stereocenters. The van der Waals surface area contributed by atoms with Gasteiger partial charge in [-0.15, -0.1) is 0 Å². The maximum Gasteiger partial charge on any atom is 0.177 e. The van der Waals surface area contributed by atoms with E-state index in [-0.39, 0.29) is 16.7 Å². The van der Waals surface area contributed by atoms with Crippen LogP contribution in [0.4, 0.5) is 4.39 Å². The maximum absolute atomic E-state index is 13.1. The molecule has 0 saturated carbocycles. The third kappa shape index (κ3) is 2.30. The van der Waals surface area contributed by atoms with E-state index in [4.69, 9.17) is 11.6 Å². The molecule has 0 aromatic heterocycles. The van der Waals surface area contributed by atoms with Crippen LogP contribution in [0.25, 0.3) is 0 Å². The molecular formula is C8H4Br2ClFO. The molecule has 0 aliphatic heterocycles. The van der Waals surface area contributed by atoms with Gasteiger partial charge in [-0.25, -0.2) is 4.39 Å². The molecule has 0 saturated heterocycles. The molecule has 0 amide bonds. The average Bonchev–Trinajstić information content (AvgIpc) is 2.12. The van der Waals surface area contributed by atoms with Crippen LogP contribution in [0.15, 0.2) is 16.6 Å². The summed E-state index contributed by atoms with van der Waals surface area (Å²) in [4.78, 5) is 11.2. The quantitative estimate of drug-likeness (QED) is 0.458. The van der Waals surface area contributed by atoms with Crippen molar-refractivity contribution >= 4 is 49.2 Å². The summed E-state index contributed by atoms with van der Waals surface area (Å²) in [5, 5.41) is 0.397. The summed E-state index contributed by atoms with van der Waals surface area (Å²) >= 11 is 11.7. The van der Waals surface area contributed by atoms with E-state index >= 15 is 0 Å². The van der Waals surface area contributed by atoms with E-state index in [0.29, 0.717) is 9.50 Å². The van der Waals surface area contributed by atoms with Gasteiger partial charge in [-0.1, -0.05) is 27.5 Å². The van der Waals surface area contributed by atoms with Crippen LogP contribution in [-0.4, -0.2) is 11.1 Å². The van der Waals surface area contributed by atoms with Gasteiger partial charge in [0.1, 0.15) is 5.82 Å². The second-order valence-corrected chi connectivity index (χ2v) is 4.04. The van der Waals surface area contributed by atoms with E-state index in [1.54, 1.807) is 0 Å². The summed E-state index contributed by atoms with van der Waals surface area (Å²) in [5.74, 6) is -0.910. The van der Waals surface area contributed by atoms with Gasteiger partial charge in [0.05, 0.1) is 15.9 Å². The molecule has 0 aliphatic carbocycles. The van der Waals surface area contributed by atoms with Crippen LogP contribution in [-0.2, 0) is 0 Å². The Labute approximate surface area is 96.5 Å². The number of ketones is 1. The normalized spacial score (nSPS) is 10.2. The first kappa shape index (κ1) is 11.1. The summed E-state index contributed by atoms with van der Waals surface area (Å²) in [6, 6.07) is 2.56. The molecule has 0 radical (unpaired) electrons. The fourth-order valence-corrected chi connectivity index (χ4v) is 1.83. The Balaban J connectivity index is 3.33. The number of carbonyl (C=O) groups excluding carboxylic acids is 1. The zero-order chi connectivity index (χ0) is 10.0. The Morgan fingerprint density at radius 1 is 1.54 bits per heavy atom. The van der Waals surface area contributed by atoms with Gasteiger partial charge in [0.15, 0.2) is 5.78 Å². The highest BCUT2D eigenvalue weighted by atomic mass is 79.9. The molecule has 70 valence electrons. The van der Waals surface area contributed by atoms with E-state index in [9.17, 15) is 9.18 Å². The van der Waals surface area contributed by atoms with Crippen molar-refractivity contribution in [2.24, 2.45) is 0 Å². The standard InChI is InChI=1S/C8H4Br2ClFO/c9-3-6(13)7-5(12)2-1-4(11)8(7)10/h1-2H,3H2. The molecule has 0 atom stereocenters. The van der Waals surface area contributed by atoms with Crippen LogP contribution >= 0.6 is 43.5 Å². The van der Waals surface area contributed by atoms with Crippen LogP contribution < -0.4 is 0 Å². The molecule has 1 aromatic rings. The molecule has 0 heterocycles. The Morgan fingerprint density at radius 3 is 2.69 bits per heavy atom.